The molecule has 5 aromatic rings. The molecule has 3 aliphatic rings. The third-order valence-electron chi connectivity index (χ3n) is 12.0. The Balaban J connectivity index is 0.751. The average Bonchev–Trinajstić information content (AvgIpc) is 4.02. The quantitative estimate of drug-likeness (QED) is 0.0513. The number of rotatable bonds is 17. The van der Waals surface area contributed by atoms with Gasteiger partial charge in [0.05, 0.1) is 39.8 Å². The summed E-state index contributed by atoms with van der Waals surface area (Å²) in [6.07, 6.45) is 13.0. The predicted octanol–water partition coefficient (Wildman–Crippen LogP) is 6.57. The molecule has 65 heavy (non-hydrogen) atoms. The highest BCUT2D eigenvalue weighted by molar-refractivity contribution is 6.36. The topological polar surface area (TPSA) is 213 Å². The van der Waals surface area contributed by atoms with E-state index in [1.807, 2.05) is 21.8 Å². The lowest BCUT2D eigenvalue weighted by molar-refractivity contribution is -0.136. The number of carbonyl (C=O) groups is 5. The Morgan fingerprint density at radius 1 is 1.02 bits per heavy atom. The first kappa shape index (κ1) is 45.3. The van der Waals surface area contributed by atoms with Gasteiger partial charge in [0.2, 0.25) is 17.7 Å². The van der Waals surface area contributed by atoms with Gasteiger partial charge in [0, 0.05) is 66.2 Å². The summed E-state index contributed by atoms with van der Waals surface area (Å²) in [7, 11) is 0. The van der Waals surface area contributed by atoms with E-state index < -0.39 is 41.6 Å². The molecular formula is C45H48Cl2FN11O6. The summed E-state index contributed by atoms with van der Waals surface area (Å²) in [6, 6.07) is 8.16. The lowest BCUT2D eigenvalue weighted by Gasteiger charge is -2.32. The zero-order valence-electron chi connectivity index (χ0n) is 35.6. The highest BCUT2D eigenvalue weighted by atomic mass is 35.5. The number of ether oxygens (including phenoxy) is 1. The Labute approximate surface area is 383 Å². The summed E-state index contributed by atoms with van der Waals surface area (Å²) in [4.78, 5) is 71.0. The number of nitrogens with zero attached hydrogens (tertiary/aromatic N) is 8. The molecule has 3 aromatic heterocycles. The van der Waals surface area contributed by atoms with Gasteiger partial charge in [-0.3, -0.25) is 43.6 Å². The van der Waals surface area contributed by atoms with Crippen molar-refractivity contribution in [1.82, 2.24) is 44.9 Å². The second-order valence-corrected chi connectivity index (χ2v) is 17.3. The fourth-order valence-electron chi connectivity index (χ4n) is 8.62. The van der Waals surface area contributed by atoms with E-state index in [-0.39, 0.29) is 63.9 Å². The smallest absolute Gasteiger partial charge is 0.264 e. The molecule has 0 aliphatic carbocycles. The van der Waals surface area contributed by atoms with E-state index in [0.29, 0.717) is 24.3 Å². The minimum absolute atomic E-state index is 0.0211. The molecule has 20 heteroatoms. The Hall–Kier alpha value is -6.24. The number of amides is 5. The van der Waals surface area contributed by atoms with Gasteiger partial charge in [0.25, 0.3) is 11.8 Å². The lowest BCUT2D eigenvalue weighted by Crippen LogP contribution is -2.54. The molecule has 4 N–H and O–H groups in total. The molecule has 3 atom stereocenters. The van der Waals surface area contributed by atoms with Crippen molar-refractivity contribution in [2.45, 2.75) is 95.9 Å². The van der Waals surface area contributed by atoms with Crippen LogP contribution in [0.5, 0.6) is 5.75 Å². The number of fused-ring (bicyclic) bond motifs is 1. The van der Waals surface area contributed by atoms with E-state index >= 15 is 0 Å². The summed E-state index contributed by atoms with van der Waals surface area (Å²) < 4.78 is 24.1. The number of nitrogens with one attached hydrogen (secondary N) is 2. The van der Waals surface area contributed by atoms with E-state index in [2.05, 4.69) is 30.8 Å². The summed E-state index contributed by atoms with van der Waals surface area (Å²) in [5.41, 5.74) is 9.40. The van der Waals surface area contributed by atoms with Crippen LogP contribution in [0, 0.1) is 5.82 Å². The predicted molar refractivity (Wildman–Crippen MR) is 239 cm³/mol. The number of carbonyl (C=O) groups excluding carboxylic acids is 5. The van der Waals surface area contributed by atoms with Crippen LogP contribution in [0.4, 0.5) is 15.9 Å². The number of pyridine rings is 1. The number of imide groups is 2. The van der Waals surface area contributed by atoms with Crippen molar-refractivity contribution in [3.63, 3.8) is 0 Å². The van der Waals surface area contributed by atoms with Crippen LogP contribution in [0.2, 0.25) is 10.0 Å². The third kappa shape index (κ3) is 10.2. The molecule has 0 spiro atoms. The first-order chi connectivity index (χ1) is 31.3. The Bertz CT molecular complexity index is 2640. The summed E-state index contributed by atoms with van der Waals surface area (Å²) >= 11 is 12.5. The Morgan fingerprint density at radius 3 is 2.69 bits per heavy atom. The van der Waals surface area contributed by atoms with Gasteiger partial charge in [0.15, 0.2) is 11.6 Å². The van der Waals surface area contributed by atoms with Gasteiger partial charge in [-0.2, -0.15) is 5.10 Å². The van der Waals surface area contributed by atoms with Gasteiger partial charge in [-0.05, 0) is 95.3 Å². The number of nitrogens with two attached hydrogens (primary N) is 1. The monoisotopic (exact) mass is 927 g/mol. The normalized spacial score (nSPS) is 18.2. The maximum Gasteiger partial charge on any atom is 0.264 e. The SMILES string of the molecule is C[C@@H](Oc1cc(-c2cnn(C3CCCN(CCCc4cn(CCCCCC(=O)Nc5cccc6c5C(=O)N(C5CCC(=O)NC5=O)C6=O)nn4)C3)c2)cnc1N)c1c(Cl)ccc(F)c1Cl. The van der Waals surface area contributed by atoms with Crippen molar-refractivity contribution in [2.75, 3.05) is 30.7 Å². The number of hydrogen-bond donors (Lipinski definition) is 3. The number of halogens is 3. The minimum Gasteiger partial charge on any atom is -0.482 e. The highest BCUT2D eigenvalue weighted by Crippen LogP contribution is 2.38. The van der Waals surface area contributed by atoms with Gasteiger partial charge in [-0.1, -0.05) is 40.9 Å². The molecule has 2 fully saturated rings. The summed E-state index contributed by atoms with van der Waals surface area (Å²) in [5, 5.41) is 18.5. The molecule has 17 nitrogen and oxygen atoms in total. The molecule has 0 saturated carbocycles. The second kappa shape index (κ2) is 19.9. The van der Waals surface area contributed by atoms with Crippen LogP contribution >= 0.6 is 23.2 Å². The number of aryl methyl sites for hydroxylation is 2. The molecule has 340 valence electrons. The summed E-state index contributed by atoms with van der Waals surface area (Å²) in [5.74, 6) is -2.83. The highest BCUT2D eigenvalue weighted by Gasteiger charge is 2.45. The van der Waals surface area contributed by atoms with Crippen LogP contribution < -0.4 is 21.1 Å². The third-order valence-corrected chi connectivity index (χ3v) is 12.7. The minimum atomic E-state index is -1.09. The van der Waals surface area contributed by atoms with Crippen molar-refractivity contribution < 1.29 is 33.1 Å². The van der Waals surface area contributed by atoms with E-state index in [0.717, 1.165) is 79.9 Å². The first-order valence-electron chi connectivity index (χ1n) is 21.7. The number of benzene rings is 2. The zero-order valence-corrected chi connectivity index (χ0v) is 37.2. The Kier molecular flexibility index (Phi) is 13.9. The molecule has 0 bridgehead atoms. The van der Waals surface area contributed by atoms with Gasteiger partial charge in [0.1, 0.15) is 18.0 Å². The van der Waals surface area contributed by atoms with Crippen LogP contribution in [-0.2, 0) is 27.3 Å². The van der Waals surface area contributed by atoms with Crippen LogP contribution in [0.3, 0.4) is 0 Å². The number of unbranched alkanes of at least 4 members (excludes halogenated alkanes) is 2. The largest absolute Gasteiger partial charge is 0.482 e. The average molecular weight is 929 g/mol. The first-order valence-corrected chi connectivity index (χ1v) is 22.5. The van der Waals surface area contributed by atoms with Crippen LogP contribution in [0.1, 0.15) is 109 Å². The number of nitrogen functional groups attached to an aromatic ring is 1. The van der Waals surface area contributed by atoms with Crippen molar-refractivity contribution in [3.8, 4) is 16.9 Å². The van der Waals surface area contributed by atoms with Crippen molar-refractivity contribution in [1.29, 1.82) is 0 Å². The fourth-order valence-corrected chi connectivity index (χ4v) is 9.30. The second-order valence-electron chi connectivity index (χ2n) is 16.5. The van der Waals surface area contributed by atoms with Crippen LogP contribution in [-0.4, -0.2) is 94.8 Å². The molecule has 0 radical (unpaired) electrons. The zero-order chi connectivity index (χ0) is 45.8. The van der Waals surface area contributed by atoms with E-state index in [4.69, 9.17) is 38.8 Å². The number of likely N-dealkylation sites (tertiary alicyclic amines) is 1. The number of aromatic nitrogens is 6. The number of hydrogen-bond acceptors (Lipinski definition) is 12. The molecule has 3 aliphatic heterocycles. The van der Waals surface area contributed by atoms with E-state index in [1.165, 1.54) is 18.2 Å². The lowest BCUT2D eigenvalue weighted by atomic mass is 10.0. The summed E-state index contributed by atoms with van der Waals surface area (Å²) in [6.45, 7) is 5.15. The molecule has 2 unspecified atom stereocenters. The molecule has 5 amide bonds. The van der Waals surface area contributed by atoms with Gasteiger partial charge < -0.3 is 20.7 Å². The maximum absolute atomic E-state index is 14.2. The van der Waals surface area contributed by atoms with Gasteiger partial charge in [-0.25, -0.2) is 9.37 Å². The standard InChI is InChI=1S/C45H48Cl2FN11O6/c1-26(39-32(46)13-14-33(48)41(39)47)65-36-20-27(21-50-42(36)49)28-22-51-58(23-28)30-9-7-18-56(25-30)17-6-8-29-24-57(55-54-29)19-4-2-3-12-37(60)52-34-11-5-10-31-40(34)45(64)59(44(31)63)35-15-16-38(61)53-43(35)62/h5,10-11,13-14,20-24,26,30,35H,2-4,6-9,12,15-19,25H2,1H3,(H2,49,50)(H,52,60)(H,53,61,62)/t26-,30?,35?/m1/s1. The fraction of sp³-hybridized carbons (Fsp3) is 0.400. The van der Waals surface area contributed by atoms with Crippen molar-refractivity contribution in [2.24, 2.45) is 0 Å². The van der Waals surface area contributed by atoms with E-state index in [1.54, 1.807) is 37.5 Å². The molecule has 2 saturated heterocycles. The van der Waals surface area contributed by atoms with Crippen molar-refractivity contribution >= 4 is 64.2 Å². The Morgan fingerprint density at radius 2 is 1.86 bits per heavy atom. The van der Waals surface area contributed by atoms with E-state index in [9.17, 15) is 28.4 Å². The van der Waals surface area contributed by atoms with Gasteiger partial charge >= 0.3 is 0 Å². The number of piperidine rings is 2. The van der Waals surface area contributed by atoms with Crippen molar-refractivity contribution in [3.05, 3.63) is 99.4 Å². The molecule has 8 rings (SSSR count). The van der Waals surface area contributed by atoms with Gasteiger partial charge in [-0.15, -0.1) is 5.10 Å². The van der Waals surface area contributed by atoms with Crippen LogP contribution in [0.25, 0.3) is 11.1 Å². The molecule has 2 aromatic carbocycles. The molecular weight excluding hydrogens is 880 g/mol. The number of anilines is 2. The molecule has 6 heterocycles. The maximum atomic E-state index is 14.2. The van der Waals surface area contributed by atoms with Crippen LogP contribution in [0.15, 0.2) is 61.2 Å².